The highest BCUT2D eigenvalue weighted by atomic mass is 35.5. The molecule has 3 atom stereocenters. The molecule has 0 aromatic heterocycles. The number of Topliss-reactive ketones (excluding diaryl/α,β-unsaturated/α-hetero) is 1. The standard InChI is InChI=1S/C27H34ClFN4O5/c1-27(2,3)14-21(32-22(34)9-5-15-4-8-18(28)19(29)12-15)25(37)33-20(13-16-10-11-30-24(16)36)23(35)26(38)31-17-6-7-17/h4-5,8-9,12,16-17,20-21H,6-7,10-11,13-14H2,1-3H3,(H,30,36)(H,31,38)(H,32,34)(H,33,37)/b9-5+/t16?,20?,21-/m0/s1. The van der Waals surface area contributed by atoms with E-state index in [2.05, 4.69) is 21.3 Å². The second-order valence-electron chi connectivity index (χ2n) is 11.0. The largest absolute Gasteiger partial charge is 0.356 e. The Hall–Kier alpha value is -3.27. The SMILES string of the molecule is CC(C)(C)C[C@H](NC(=O)/C=C/c1ccc(Cl)c(F)c1)C(=O)NC(CC1CCNC1=O)C(=O)C(=O)NC1CC1. The first-order valence-electron chi connectivity index (χ1n) is 12.7. The van der Waals surface area contributed by atoms with Crippen LogP contribution in [0.25, 0.3) is 6.08 Å². The number of amides is 4. The van der Waals surface area contributed by atoms with Gasteiger partial charge in [0.2, 0.25) is 23.5 Å². The van der Waals surface area contributed by atoms with Gasteiger partial charge in [0.15, 0.2) is 0 Å². The van der Waals surface area contributed by atoms with Crippen molar-refractivity contribution < 1.29 is 28.4 Å². The van der Waals surface area contributed by atoms with Gasteiger partial charge in [0, 0.05) is 24.6 Å². The van der Waals surface area contributed by atoms with Gasteiger partial charge in [0.1, 0.15) is 11.9 Å². The van der Waals surface area contributed by atoms with Crippen LogP contribution in [0.4, 0.5) is 4.39 Å². The van der Waals surface area contributed by atoms with Crippen LogP contribution in [0.1, 0.15) is 58.4 Å². The third-order valence-corrected chi connectivity index (χ3v) is 6.58. The van der Waals surface area contributed by atoms with Gasteiger partial charge in [0.05, 0.1) is 11.1 Å². The van der Waals surface area contributed by atoms with Crippen molar-refractivity contribution in [3.05, 3.63) is 40.7 Å². The van der Waals surface area contributed by atoms with Gasteiger partial charge in [-0.2, -0.15) is 0 Å². The smallest absolute Gasteiger partial charge is 0.289 e. The summed E-state index contributed by atoms with van der Waals surface area (Å²) in [5.41, 5.74) is 0.0213. The third kappa shape index (κ3) is 8.93. The number of nitrogens with one attached hydrogen (secondary N) is 4. The summed E-state index contributed by atoms with van der Waals surface area (Å²) in [5, 5.41) is 10.5. The molecule has 38 heavy (non-hydrogen) atoms. The molecule has 1 saturated carbocycles. The highest BCUT2D eigenvalue weighted by Gasteiger charge is 2.37. The molecule has 0 radical (unpaired) electrons. The minimum Gasteiger partial charge on any atom is -0.356 e. The van der Waals surface area contributed by atoms with E-state index in [0.717, 1.165) is 12.8 Å². The van der Waals surface area contributed by atoms with Crippen LogP contribution in [-0.4, -0.2) is 54.1 Å². The van der Waals surface area contributed by atoms with E-state index in [-0.39, 0.29) is 35.2 Å². The molecule has 4 N–H and O–H groups in total. The lowest BCUT2D eigenvalue weighted by molar-refractivity contribution is -0.141. The first-order chi connectivity index (χ1) is 17.8. The molecule has 1 aliphatic carbocycles. The Balaban J connectivity index is 1.73. The fourth-order valence-electron chi connectivity index (χ4n) is 4.13. The number of benzene rings is 1. The van der Waals surface area contributed by atoms with Crippen molar-refractivity contribution in [2.45, 2.75) is 71.0 Å². The van der Waals surface area contributed by atoms with Crippen LogP contribution in [0, 0.1) is 17.2 Å². The predicted octanol–water partition coefficient (Wildman–Crippen LogP) is 2.27. The Morgan fingerprint density at radius 3 is 2.42 bits per heavy atom. The van der Waals surface area contributed by atoms with Crippen LogP contribution in [0.5, 0.6) is 0 Å². The van der Waals surface area contributed by atoms with E-state index in [0.29, 0.717) is 18.5 Å². The summed E-state index contributed by atoms with van der Waals surface area (Å²) in [4.78, 5) is 63.6. The van der Waals surface area contributed by atoms with Crippen LogP contribution in [-0.2, 0) is 24.0 Å². The second kappa shape index (κ2) is 12.5. The summed E-state index contributed by atoms with van der Waals surface area (Å²) in [6.45, 7) is 6.13. The Bertz CT molecular complexity index is 1130. The summed E-state index contributed by atoms with van der Waals surface area (Å²) in [6, 6.07) is 1.78. The van der Waals surface area contributed by atoms with Crippen molar-refractivity contribution in [1.82, 2.24) is 21.3 Å². The van der Waals surface area contributed by atoms with Crippen molar-refractivity contribution >= 4 is 47.1 Å². The molecule has 1 heterocycles. The molecular weight excluding hydrogens is 515 g/mol. The van der Waals surface area contributed by atoms with Gasteiger partial charge in [0.25, 0.3) is 5.91 Å². The van der Waals surface area contributed by atoms with E-state index in [1.54, 1.807) is 0 Å². The van der Waals surface area contributed by atoms with Gasteiger partial charge >= 0.3 is 0 Å². The van der Waals surface area contributed by atoms with E-state index in [1.165, 1.54) is 30.4 Å². The van der Waals surface area contributed by atoms with Crippen molar-refractivity contribution in [3.8, 4) is 0 Å². The van der Waals surface area contributed by atoms with E-state index in [4.69, 9.17) is 11.6 Å². The van der Waals surface area contributed by atoms with E-state index < -0.39 is 47.3 Å². The molecule has 1 aliphatic heterocycles. The quantitative estimate of drug-likeness (QED) is 0.249. The number of hydrogen-bond donors (Lipinski definition) is 4. The van der Waals surface area contributed by atoms with Gasteiger partial charge in [-0.15, -0.1) is 0 Å². The lowest BCUT2D eigenvalue weighted by atomic mass is 9.87. The average Bonchev–Trinajstić information content (AvgIpc) is 3.56. The maximum Gasteiger partial charge on any atom is 0.289 e. The maximum absolute atomic E-state index is 13.7. The number of rotatable bonds is 11. The normalized spacial score (nSPS) is 19.0. The van der Waals surface area contributed by atoms with E-state index in [9.17, 15) is 28.4 Å². The number of halogens is 2. The van der Waals surface area contributed by atoms with Crippen LogP contribution in [0.15, 0.2) is 24.3 Å². The summed E-state index contributed by atoms with van der Waals surface area (Å²) in [6.07, 6.45) is 4.82. The molecule has 1 saturated heterocycles. The Morgan fingerprint density at radius 1 is 1.13 bits per heavy atom. The summed E-state index contributed by atoms with van der Waals surface area (Å²) < 4.78 is 13.7. The van der Waals surface area contributed by atoms with Crippen LogP contribution < -0.4 is 21.3 Å². The van der Waals surface area contributed by atoms with Gasteiger partial charge in [-0.05, 0) is 61.3 Å². The minimum absolute atomic E-state index is 0.0211. The zero-order valence-corrected chi connectivity index (χ0v) is 22.5. The zero-order valence-electron chi connectivity index (χ0n) is 21.7. The monoisotopic (exact) mass is 548 g/mol. The lowest BCUT2D eigenvalue weighted by Crippen LogP contribution is -2.55. The first-order valence-corrected chi connectivity index (χ1v) is 13.1. The molecule has 2 aliphatic rings. The summed E-state index contributed by atoms with van der Waals surface area (Å²) in [5.74, 6) is -4.25. The molecule has 11 heteroatoms. The highest BCUT2D eigenvalue weighted by Crippen LogP contribution is 2.23. The molecule has 9 nitrogen and oxygen atoms in total. The molecule has 2 unspecified atom stereocenters. The zero-order chi connectivity index (χ0) is 28.0. The van der Waals surface area contributed by atoms with E-state index >= 15 is 0 Å². The Labute approximate surface area is 226 Å². The number of hydrogen-bond acceptors (Lipinski definition) is 5. The molecule has 206 valence electrons. The Kier molecular flexibility index (Phi) is 9.65. The van der Waals surface area contributed by atoms with Gasteiger partial charge < -0.3 is 21.3 Å². The topological polar surface area (TPSA) is 133 Å². The molecule has 0 spiro atoms. The number of carbonyl (C=O) groups is 5. The average molecular weight is 549 g/mol. The van der Waals surface area contributed by atoms with Crippen molar-refractivity contribution in [2.24, 2.45) is 11.3 Å². The molecule has 4 amide bonds. The van der Waals surface area contributed by atoms with Crippen molar-refractivity contribution in [1.29, 1.82) is 0 Å². The third-order valence-electron chi connectivity index (χ3n) is 6.27. The molecule has 1 aromatic carbocycles. The van der Waals surface area contributed by atoms with E-state index in [1.807, 2.05) is 20.8 Å². The molecular formula is C27H34ClFN4O5. The fraction of sp³-hybridized carbons (Fsp3) is 0.519. The van der Waals surface area contributed by atoms with Gasteiger partial charge in [-0.25, -0.2) is 4.39 Å². The first kappa shape index (κ1) is 29.3. The second-order valence-corrected chi connectivity index (χ2v) is 11.4. The van der Waals surface area contributed by atoms with Gasteiger partial charge in [-0.3, -0.25) is 24.0 Å². The predicted molar refractivity (Wildman–Crippen MR) is 140 cm³/mol. The highest BCUT2D eigenvalue weighted by molar-refractivity contribution is 6.38. The minimum atomic E-state index is -1.22. The molecule has 1 aromatic rings. The molecule has 3 rings (SSSR count). The lowest BCUT2D eigenvalue weighted by Gasteiger charge is -2.28. The number of carbonyl (C=O) groups excluding carboxylic acids is 5. The fourth-order valence-corrected chi connectivity index (χ4v) is 4.25. The van der Waals surface area contributed by atoms with Crippen LogP contribution >= 0.6 is 11.6 Å². The Morgan fingerprint density at radius 2 is 1.84 bits per heavy atom. The van der Waals surface area contributed by atoms with Crippen molar-refractivity contribution in [3.63, 3.8) is 0 Å². The molecule has 2 fully saturated rings. The summed E-state index contributed by atoms with van der Waals surface area (Å²) >= 11 is 5.69. The molecule has 0 bridgehead atoms. The number of ketones is 1. The maximum atomic E-state index is 13.7. The van der Waals surface area contributed by atoms with Crippen LogP contribution in [0.2, 0.25) is 5.02 Å². The van der Waals surface area contributed by atoms with Crippen LogP contribution in [0.3, 0.4) is 0 Å². The summed E-state index contributed by atoms with van der Waals surface area (Å²) in [7, 11) is 0. The van der Waals surface area contributed by atoms with Crippen molar-refractivity contribution in [2.75, 3.05) is 6.54 Å². The van der Waals surface area contributed by atoms with Gasteiger partial charge in [-0.1, -0.05) is 38.4 Å².